The van der Waals surface area contributed by atoms with E-state index in [-0.39, 0.29) is 42.0 Å². The smallest absolute Gasteiger partial charge is 0.411 e. The van der Waals surface area contributed by atoms with E-state index in [0.29, 0.717) is 24.7 Å². The Kier molecular flexibility index (Phi) is 11.4. The Hall–Kier alpha value is -2.04. The predicted octanol–water partition coefficient (Wildman–Crippen LogP) is 2.45. The van der Waals surface area contributed by atoms with Crippen LogP contribution in [0.25, 0.3) is 0 Å². The van der Waals surface area contributed by atoms with E-state index in [1.165, 1.54) is 7.11 Å². The zero-order chi connectivity index (χ0) is 19.6. The summed E-state index contributed by atoms with van der Waals surface area (Å²) in [5, 5.41) is 11.6. The molecule has 0 fully saturated rings. The number of aliphatic imine (C=N–C) groups is 1. The number of nitrogens with zero attached hydrogens (tertiary/aromatic N) is 1. The molecule has 1 aromatic rings. The van der Waals surface area contributed by atoms with Crippen molar-refractivity contribution in [2.45, 2.75) is 39.8 Å². The Bertz CT molecular complexity index is 627. The number of ether oxygens (including phenoxy) is 1. The van der Waals surface area contributed by atoms with Crippen molar-refractivity contribution in [2.24, 2.45) is 4.99 Å². The minimum atomic E-state index is -0.511. The second-order valence-electron chi connectivity index (χ2n) is 6.66. The molecule has 0 radical (unpaired) electrons. The van der Waals surface area contributed by atoms with Crippen LogP contribution in [0.3, 0.4) is 0 Å². The number of carbonyl (C=O) groups excluding carboxylic acids is 2. The molecule has 0 saturated heterocycles. The van der Waals surface area contributed by atoms with Crippen molar-refractivity contribution in [1.82, 2.24) is 16.0 Å². The summed E-state index contributed by atoms with van der Waals surface area (Å²) >= 11 is 0. The molecular weight excluding hydrogens is 461 g/mol. The van der Waals surface area contributed by atoms with Crippen LogP contribution in [0.4, 0.5) is 10.5 Å². The van der Waals surface area contributed by atoms with Crippen LogP contribution in [-0.2, 0) is 16.1 Å². The minimum absolute atomic E-state index is 0. The second kappa shape index (κ2) is 12.4. The average molecular weight is 491 g/mol. The van der Waals surface area contributed by atoms with E-state index in [9.17, 15) is 9.59 Å². The molecule has 0 aliphatic rings. The number of hydrogen-bond acceptors (Lipinski definition) is 4. The van der Waals surface area contributed by atoms with Crippen LogP contribution in [0.5, 0.6) is 0 Å². The molecule has 0 spiro atoms. The first kappa shape index (κ1) is 25.0. The van der Waals surface area contributed by atoms with Crippen LogP contribution in [0.2, 0.25) is 0 Å². The number of methoxy groups -OCH3 is 1. The number of halogens is 1. The first-order chi connectivity index (χ1) is 12.2. The lowest BCUT2D eigenvalue weighted by molar-refractivity contribution is -0.121. The Labute approximate surface area is 177 Å². The van der Waals surface area contributed by atoms with Gasteiger partial charge in [0.25, 0.3) is 0 Å². The van der Waals surface area contributed by atoms with Crippen LogP contribution in [0.1, 0.15) is 33.3 Å². The Morgan fingerprint density at radius 2 is 1.74 bits per heavy atom. The average Bonchev–Trinajstić information content (AvgIpc) is 2.57. The summed E-state index contributed by atoms with van der Waals surface area (Å²) in [4.78, 5) is 27.5. The number of benzene rings is 1. The van der Waals surface area contributed by atoms with E-state index in [0.717, 1.165) is 5.56 Å². The largest absolute Gasteiger partial charge is 0.453 e. The summed E-state index contributed by atoms with van der Waals surface area (Å²) in [6.07, 6.45) is -0.511. The van der Waals surface area contributed by atoms with Gasteiger partial charge in [0, 0.05) is 17.8 Å². The second-order valence-corrected chi connectivity index (χ2v) is 6.66. The maximum atomic E-state index is 11.9. The number of nitrogens with one attached hydrogen (secondary N) is 4. The fraction of sp³-hybridized carbons (Fsp3) is 0.500. The zero-order valence-electron chi connectivity index (χ0n) is 16.5. The molecule has 2 amide bonds. The van der Waals surface area contributed by atoms with Gasteiger partial charge in [-0.05, 0) is 45.4 Å². The fourth-order valence-corrected chi connectivity index (χ4v) is 2.00. The molecule has 27 heavy (non-hydrogen) atoms. The maximum absolute atomic E-state index is 11.9. The lowest BCUT2D eigenvalue weighted by atomic mass is 10.1. The van der Waals surface area contributed by atoms with Crippen molar-refractivity contribution < 1.29 is 14.3 Å². The number of hydrogen-bond donors (Lipinski definition) is 4. The van der Waals surface area contributed by atoms with Crippen LogP contribution >= 0.6 is 24.0 Å². The number of rotatable bonds is 6. The highest BCUT2D eigenvalue weighted by Gasteiger charge is 2.13. The topological polar surface area (TPSA) is 104 Å². The molecule has 8 nitrogen and oxygen atoms in total. The molecule has 0 aliphatic carbocycles. The van der Waals surface area contributed by atoms with Crippen molar-refractivity contribution in [3.8, 4) is 0 Å². The third-order valence-electron chi connectivity index (χ3n) is 3.08. The van der Waals surface area contributed by atoms with Gasteiger partial charge in [0.1, 0.15) is 0 Å². The lowest BCUT2D eigenvalue weighted by Crippen LogP contribution is -2.48. The van der Waals surface area contributed by atoms with Gasteiger partial charge in [-0.3, -0.25) is 10.1 Å². The van der Waals surface area contributed by atoms with E-state index >= 15 is 0 Å². The van der Waals surface area contributed by atoms with Gasteiger partial charge in [0.05, 0.1) is 20.2 Å². The highest BCUT2D eigenvalue weighted by atomic mass is 127. The Morgan fingerprint density at radius 3 is 2.26 bits per heavy atom. The van der Waals surface area contributed by atoms with E-state index in [1.54, 1.807) is 12.1 Å². The van der Waals surface area contributed by atoms with Crippen molar-refractivity contribution in [1.29, 1.82) is 0 Å². The number of anilines is 1. The van der Waals surface area contributed by atoms with Gasteiger partial charge in [-0.25, -0.2) is 9.79 Å². The van der Waals surface area contributed by atoms with Gasteiger partial charge in [0.15, 0.2) is 5.96 Å². The van der Waals surface area contributed by atoms with Crippen molar-refractivity contribution in [3.63, 3.8) is 0 Å². The molecule has 0 heterocycles. The van der Waals surface area contributed by atoms with Gasteiger partial charge in [-0.2, -0.15) is 0 Å². The Morgan fingerprint density at radius 1 is 1.11 bits per heavy atom. The van der Waals surface area contributed by atoms with Crippen LogP contribution < -0.4 is 21.3 Å². The predicted molar refractivity (Wildman–Crippen MR) is 119 cm³/mol. The van der Waals surface area contributed by atoms with E-state index in [2.05, 4.69) is 31.0 Å². The van der Waals surface area contributed by atoms with Crippen LogP contribution in [0, 0.1) is 0 Å². The van der Waals surface area contributed by atoms with Gasteiger partial charge in [-0.1, -0.05) is 12.1 Å². The van der Waals surface area contributed by atoms with Gasteiger partial charge < -0.3 is 20.7 Å². The number of amides is 2. The molecule has 0 aromatic heterocycles. The molecule has 4 N–H and O–H groups in total. The lowest BCUT2D eigenvalue weighted by Gasteiger charge is -2.21. The van der Waals surface area contributed by atoms with E-state index in [1.807, 2.05) is 39.8 Å². The Balaban J connectivity index is 0.00000676. The molecule has 0 aliphatic heterocycles. The normalized spacial score (nSPS) is 11.1. The zero-order valence-corrected chi connectivity index (χ0v) is 18.8. The quantitative estimate of drug-likeness (QED) is 0.278. The van der Waals surface area contributed by atoms with Gasteiger partial charge in [0.2, 0.25) is 5.91 Å². The molecule has 0 bridgehead atoms. The standard InChI is InChI=1S/C18H29N5O3.HI/c1-6-19-16(21-12-15(24)23-18(2,3)4)20-11-13-7-9-14(10-8-13)22-17(25)26-5;/h7-10H,6,11-12H2,1-5H3,(H,22,25)(H,23,24)(H2,19,20,21);1H. The highest BCUT2D eigenvalue weighted by molar-refractivity contribution is 14.0. The monoisotopic (exact) mass is 491 g/mol. The van der Waals surface area contributed by atoms with Crippen molar-refractivity contribution >= 4 is 47.6 Å². The molecule has 0 atom stereocenters. The summed E-state index contributed by atoms with van der Waals surface area (Å²) < 4.78 is 4.55. The molecule has 1 rings (SSSR count). The first-order valence-corrected chi connectivity index (χ1v) is 8.50. The highest BCUT2D eigenvalue weighted by Crippen LogP contribution is 2.10. The third kappa shape index (κ3) is 11.3. The maximum Gasteiger partial charge on any atom is 0.411 e. The van der Waals surface area contributed by atoms with Crippen LogP contribution in [0.15, 0.2) is 29.3 Å². The molecule has 152 valence electrons. The summed E-state index contributed by atoms with van der Waals surface area (Å²) in [5.74, 6) is 0.467. The SMILES string of the molecule is CCNC(=NCc1ccc(NC(=O)OC)cc1)NCC(=O)NC(C)(C)C.I. The third-order valence-corrected chi connectivity index (χ3v) is 3.08. The minimum Gasteiger partial charge on any atom is -0.453 e. The van der Waals surface area contributed by atoms with E-state index in [4.69, 9.17) is 0 Å². The number of carbonyl (C=O) groups is 2. The summed E-state index contributed by atoms with van der Waals surface area (Å²) in [7, 11) is 1.31. The molecule has 0 saturated carbocycles. The fourth-order valence-electron chi connectivity index (χ4n) is 2.00. The summed E-state index contributed by atoms with van der Waals surface area (Å²) in [6, 6.07) is 7.28. The molecule has 0 unspecified atom stereocenters. The van der Waals surface area contributed by atoms with Gasteiger partial charge in [-0.15, -0.1) is 24.0 Å². The molecule has 1 aromatic carbocycles. The number of guanidine groups is 1. The van der Waals surface area contributed by atoms with E-state index < -0.39 is 6.09 Å². The molecular formula is C18H30IN5O3. The van der Waals surface area contributed by atoms with Crippen LogP contribution in [-0.4, -0.2) is 43.7 Å². The summed E-state index contributed by atoms with van der Waals surface area (Å²) in [5.41, 5.74) is 1.35. The van der Waals surface area contributed by atoms with Crippen molar-refractivity contribution in [3.05, 3.63) is 29.8 Å². The molecule has 9 heteroatoms. The van der Waals surface area contributed by atoms with Crippen molar-refractivity contribution in [2.75, 3.05) is 25.5 Å². The summed E-state index contributed by atoms with van der Waals surface area (Å²) in [6.45, 7) is 9.03. The first-order valence-electron chi connectivity index (χ1n) is 8.50. The van der Waals surface area contributed by atoms with Gasteiger partial charge >= 0.3 is 6.09 Å².